The Bertz CT molecular complexity index is 461. The Labute approximate surface area is 116 Å². The van der Waals surface area contributed by atoms with Crippen molar-refractivity contribution in [3.8, 4) is 0 Å². The van der Waals surface area contributed by atoms with Crippen LogP contribution < -0.4 is 5.32 Å². The minimum Gasteiger partial charge on any atom is -0.312 e. The molecule has 0 bridgehead atoms. The zero-order valence-electron chi connectivity index (χ0n) is 9.84. The van der Waals surface area contributed by atoms with Crippen LogP contribution in [0, 0.1) is 0 Å². The van der Waals surface area contributed by atoms with Crippen molar-refractivity contribution in [2.24, 2.45) is 0 Å². The van der Waals surface area contributed by atoms with Crippen LogP contribution in [0.4, 0.5) is 0 Å². The predicted octanol–water partition coefficient (Wildman–Crippen LogP) is 3.01. The molecule has 0 radical (unpaired) electrons. The van der Waals surface area contributed by atoms with E-state index in [0.29, 0.717) is 5.02 Å². The van der Waals surface area contributed by atoms with Crippen LogP contribution in [0.3, 0.4) is 0 Å². The molecule has 0 unspecified atom stereocenters. The van der Waals surface area contributed by atoms with Crippen molar-refractivity contribution in [2.45, 2.75) is 11.6 Å². The second-order valence-electron chi connectivity index (χ2n) is 3.70. The highest BCUT2D eigenvalue weighted by Gasteiger charge is 1.96. The van der Waals surface area contributed by atoms with Gasteiger partial charge in [-0.25, -0.2) is 4.98 Å². The first-order valence-electron chi connectivity index (χ1n) is 5.68. The molecule has 3 nitrogen and oxygen atoms in total. The molecule has 0 spiro atoms. The second-order valence-corrected chi connectivity index (χ2v) is 5.25. The lowest BCUT2D eigenvalue weighted by molar-refractivity contribution is 0.729. The topological polar surface area (TPSA) is 37.8 Å². The van der Waals surface area contributed by atoms with Gasteiger partial charge in [0.15, 0.2) is 0 Å². The third-order valence-corrected chi connectivity index (χ3v) is 3.45. The molecule has 0 aliphatic rings. The SMILES string of the molecule is Clc1ccc(SCCNCc2cccnc2)nc1. The summed E-state index contributed by atoms with van der Waals surface area (Å²) in [6.07, 6.45) is 5.33. The molecule has 0 aliphatic heterocycles. The number of hydrogen-bond acceptors (Lipinski definition) is 4. The van der Waals surface area contributed by atoms with Crippen molar-refractivity contribution in [3.63, 3.8) is 0 Å². The quantitative estimate of drug-likeness (QED) is 0.652. The highest BCUT2D eigenvalue weighted by Crippen LogP contribution is 2.16. The molecular weight excluding hydrogens is 266 g/mol. The average Bonchev–Trinajstić information content (AvgIpc) is 2.42. The Kier molecular flexibility index (Phi) is 5.45. The highest BCUT2D eigenvalue weighted by atomic mass is 35.5. The standard InChI is InChI=1S/C13H14ClN3S/c14-12-3-4-13(17-10-12)18-7-6-16-9-11-2-1-5-15-8-11/h1-5,8,10,16H,6-7,9H2. The highest BCUT2D eigenvalue weighted by molar-refractivity contribution is 7.99. The molecule has 18 heavy (non-hydrogen) atoms. The largest absolute Gasteiger partial charge is 0.312 e. The molecule has 2 aromatic rings. The van der Waals surface area contributed by atoms with Gasteiger partial charge in [-0.05, 0) is 23.8 Å². The van der Waals surface area contributed by atoms with Crippen LogP contribution in [0.25, 0.3) is 0 Å². The van der Waals surface area contributed by atoms with Crippen LogP contribution in [-0.2, 0) is 6.54 Å². The number of halogens is 1. The van der Waals surface area contributed by atoms with E-state index in [1.807, 2.05) is 24.4 Å². The van der Waals surface area contributed by atoms with E-state index in [1.54, 1.807) is 24.2 Å². The number of nitrogens with zero attached hydrogens (tertiary/aromatic N) is 2. The molecular formula is C13H14ClN3S. The van der Waals surface area contributed by atoms with Gasteiger partial charge in [-0.3, -0.25) is 4.98 Å². The van der Waals surface area contributed by atoms with E-state index in [9.17, 15) is 0 Å². The fourth-order valence-electron chi connectivity index (χ4n) is 1.41. The van der Waals surface area contributed by atoms with E-state index in [1.165, 1.54) is 5.56 Å². The van der Waals surface area contributed by atoms with Gasteiger partial charge in [0, 0.05) is 37.4 Å². The lowest BCUT2D eigenvalue weighted by Gasteiger charge is -2.04. The van der Waals surface area contributed by atoms with Crippen LogP contribution >= 0.6 is 23.4 Å². The summed E-state index contributed by atoms with van der Waals surface area (Å²) < 4.78 is 0. The normalized spacial score (nSPS) is 10.5. The van der Waals surface area contributed by atoms with Gasteiger partial charge in [-0.2, -0.15) is 0 Å². The molecule has 0 aromatic carbocycles. The summed E-state index contributed by atoms with van der Waals surface area (Å²) in [6, 6.07) is 7.81. The maximum Gasteiger partial charge on any atom is 0.0961 e. The third-order valence-electron chi connectivity index (χ3n) is 2.28. The number of thioether (sulfide) groups is 1. The molecule has 2 aromatic heterocycles. The first-order chi connectivity index (χ1) is 8.84. The Morgan fingerprint density at radius 1 is 1.22 bits per heavy atom. The van der Waals surface area contributed by atoms with E-state index >= 15 is 0 Å². The summed E-state index contributed by atoms with van der Waals surface area (Å²) in [5.41, 5.74) is 1.20. The molecule has 2 rings (SSSR count). The lowest BCUT2D eigenvalue weighted by atomic mass is 10.3. The molecule has 0 aliphatic carbocycles. The number of nitrogens with one attached hydrogen (secondary N) is 1. The van der Waals surface area contributed by atoms with Crippen LogP contribution in [0.15, 0.2) is 47.9 Å². The van der Waals surface area contributed by atoms with Gasteiger partial charge >= 0.3 is 0 Å². The van der Waals surface area contributed by atoms with Gasteiger partial charge in [0.2, 0.25) is 0 Å². The van der Waals surface area contributed by atoms with Crippen molar-refractivity contribution in [2.75, 3.05) is 12.3 Å². The molecule has 0 saturated carbocycles. The van der Waals surface area contributed by atoms with Gasteiger partial charge in [-0.1, -0.05) is 17.7 Å². The fourth-order valence-corrected chi connectivity index (χ4v) is 2.27. The van der Waals surface area contributed by atoms with Crippen molar-refractivity contribution in [3.05, 3.63) is 53.4 Å². The lowest BCUT2D eigenvalue weighted by Crippen LogP contribution is -2.16. The molecule has 94 valence electrons. The number of pyridine rings is 2. The summed E-state index contributed by atoms with van der Waals surface area (Å²) in [5.74, 6) is 0.981. The van der Waals surface area contributed by atoms with Gasteiger partial charge in [0.05, 0.1) is 10.0 Å². The number of rotatable bonds is 6. The Morgan fingerprint density at radius 2 is 2.17 bits per heavy atom. The summed E-state index contributed by atoms with van der Waals surface area (Å²) >= 11 is 7.49. The zero-order valence-corrected chi connectivity index (χ0v) is 11.4. The monoisotopic (exact) mass is 279 g/mol. The van der Waals surface area contributed by atoms with Gasteiger partial charge in [0.25, 0.3) is 0 Å². The van der Waals surface area contributed by atoms with Gasteiger partial charge in [0.1, 0.15) is 0 Å². The average molecular weight is 280 g/mol. The Balaban J connectivity index is 1.63. The smallest absolute Gasteiger partial charge is 0.0961 e. The maximum absolute atomic E-state index is 5.77. The van der Waals surface area contributed by atoms with Crippen molar-refractivity contribution in [1.29, 1.82) is 0 Å². The van der Waals surface area contributed by atoms with Crippen LogP contribution in [0.2, 0.25) is 5.02 Å². The summed E-state index contributed by atoms with van der Waals surface area (Å²) in [4.78, 5) is 8.30. The van der Waals surface area contributed by atoms with Crippen LogP contribution in [0.5, 0.6) is 0 Å². The second kappa shape index (κ2) is 7.36. The van der Waals surface area contributed by atoms with E-state index in [-0.39, 0.29) is 0 Å². The predicted molar refractivity (Wildman–Crippen MR) is 75.9 cm³/mol. The third kappa shape index (κ3) is 4.64. The molecule has 5 heteroatoms. The maximum atomic E-state index is 5.77. The van der Waals surface area contributed by atoms with E-state index in [4.69, 9.17) is 11.6 Å². The first kappa shape index (κ1) is 13.3. The molecule has 0 atom stereocenters. The van der Waals surface area contributed by atoms with E-state index in [2.05, 4.69) is 21.4 Å². The van der Waals surface area contributed by atoms with Gasteiger partial charge < -0.3 is 5.32 Å². The van der Waals surface area contributed by atoms with E-state index < -0.39 is 0 Å². The Morgan fingerprint density at radius 3 is 2.89 bits per heavy atom. The summed E-state index contributed by atoms with van der Waals surface area (Å²) in [7, 11) is 0. The Hall–Kier alpha value is -1.10. The van der Waals surface area contributed by atoms with Crippen molar-refractivity contribution >= 4 is 23.4 Å². The number of aromatic nitrogens is 2. The molecule has 2 heterocycles. The minimum atomic E-state index is 0.675. The van der Waals surface area contributed by atoms with Crippen LogP contribution in [0.1, 0.15) is 5.56 Å². The molecule has 1 N–H and O–H groups in total. The van der Waals surface area contributed by atoms with Crippen molar-refractivity contribution in [1.82, 2.24) is 15.3 Å². The molecule has 0 saturated heterocycles. The number of hydrogen-bond donors (Lipinski definition) is 1. The van der Waals surface area contributed by atoms with Gasteiger partial charge in [-0.15, -0.1) is 11.8 Å². The fraction of sp³-hybridized carbons (Fsp3) is 0.231. The molecule has 0 amide bonds. The molecule has 0 fully saturated rings. The van der Waals surface area contributed by atoms with E-state index in [0.717, 1.165) is 23.9 Å². The minimum absolute atomic E-state index is 0.675. The zero-order chi connectivity index (χ0) is 12.6. The summed E-state index contributed by atoms with van der Waals surface area (Å²) in [6.45, 7) is 1.78. The van der Waals surface area contributed by atoms with Crippen LogP contribution in [-0.4, -0.2) is 22.3 Å². The summed E-state index contributed by atoms with van der Waals surface area (Å²) in [5, 5.41) is 5.05. The first-order valence-corrected chi connectivity index (χ1v) is 7.05. The van der Waals surface area contributed by atoms with Crippen molar-refractivity contribution < 1.29 is 0 Å².